The third-order valence-corrected chi connectivity index (χ3v) is 4.21. The van der Waals surface area contributed by atoms with Crippen LogP contribution in [0.1, 0.15) is 25.7 Å². The maximum absolute atomic E-state index is 11.2. The minimum Gasteiger partial charge on any atom is -0.385 e. The molecule has 3 aliphatic rings. The molecule has 0 aromatic heterocycles. The zero-order valence-corrected chi connectivity index (χ0v) is 8.86. The fourth-order valence-electron chi connectivity index (χ4n) is 3.29. The van der Waals surface area contributed by atoms with Gasteiger partial charge in [0.25, 0.3) is 0 Å². The van der Waals surface area contributed by atoms with E-state index in [1.807, 2.05) is 0 Å². The molecular formula is C10H16N4O. The van der Waals surface area contributed by atoms with E-state index < -0.39 is 0 Å². The van der Waals surface area contributed by atoms with Crippen molar-refractivity contribution in [2.24, 2.45) is 10.7 Å². The third kappa shape index (κ3) is 1.13. The Kier molecular flexibility index (Phi) is 1.66. The number of carbonyl (C=O) groups is 1. The average molecular weight is 208 g/mol. The summed E-state index contributed by atoms with van der Waals surface area (Å²) in [5, 5.41) is 2.95. The molecule has 5 heteroatoms. The van der Waals surface area contributed by atoms with Gasteiger partial charge in [0.05, 0.1) is 0 Å². The monoisotopic (exact) mass is 208 g/mol. The number of fused-ring (bicyclic) bond motifs is 2. The van der Waals surface area contributed by atoms with Gasteiger partial charge in [0.1, 0.15) is 11.4 Å². The summed E-state index contributed by atoms with van der Waals surface area (Å²) in [6, 6.07) is 0.836. The van der Waals surface area contributed by atoms with Gasteiger partial charge in [-0.25, -0.2) is 4.79 Å². The number of hydrogen-bond donors (Lipinski definition) is 2. The maximum atomic E-state index is 11.2. The van der Waals surface area contributed by atoms with E-state index >= 15 is 0 Å². The summed E-state index contributed by atoms with van der Waals surface area (Å²) in [4.78, 5) is 17.5. The van der Waals surface area contributed by atoms with Gasteiger partial charge in [-0.05, 0) is 32.7 Å². The van der Waals surface area contributed by atoms with Crippen LogP contribution in [0.3, 0.4) is 0 Å². The molecule has 2 saturated heterocycles. The minimum absolute atomic E-state index is 0.267. The van der Waals surface area contributed by atoms with Crippen LogP contribution in [0.25, 0.3) is 0 Å². The van der Waals surface area contributed by atoms with Crippen LogP contribution in [-0.2, 0) is 0 Å². The Bertz CT molecular complexity index is 337. The van der Waals surface area contributed by atoms with E-state index in [2.05, 4.69) is 22.3 Å². The molecule has 82 valence electrons. The Morgan fingerprint density at radius 3 is 2.53 bits per heavy atom. The molecule has 2 fully saturated rings. The summed E-state index contributed by atoms with van der Waals surface area (Å²) in [6.45, 7) is 0. The number of rotatable bonds is 0. The molecule has 1 spiro atoms. The first-order valence-corrected chi connectivity index (χ1v) is 5.49. The highest BCUT2D eigenvalue weighted by molar-refractivity contribution is 6.06. The number of urea groups is 1. The lowest BCUT2D eigenvalue weighted by Gasteiger charge is -2.42. The predicted octanol–water partition coefficient (Wildman–Crippen LogP) is 0.0622. The van der Waals surface area contributed by atoms with E-state index in [-0.39, 0.29) is 11.6 Å². The lowest BCUT2D eigenvalue weighted by molar-refractivity contribution is 0.132. The van der Waals surface area contributed by atoms with Crippen molar-refractivity contribution >= 4 is 11.9 Å². The van der Waals surface area contributed by atoms with Gasteiger partial charge in [-0.2, -0.15) is 4.99 Å². The molecule has 0 aliphatic carbocycles. The molecule has 0 aromatic carbocycles. The Balaban J connectivity index is 1.91. The lowest BCUT2D eigenvalue weighted by Crippen LogP contribution is -2.60. The van der Waals surface area contributed by atoms with Crippen molar-refractivity contribution in [2.75, 3.05) is 7.05 Å². The van der Waals surface area contributed by atoms with Gasteiger partial charge < -0.3 is 16.0 Å². The maximum Gasteiger partial charge on any atom is 0.343 e. The van der Waals surface area contributed by atoms with Crippen molar-refractivity contribution in [1.82, 2.24) is 10.2 Å². The molecule has 0 aromatic rings. The van der Waals surface area contributed by atoms with E-state index in [1.54, 1.807) is 0 Å². The molecule has 15 heavy (non-hydrogen) atoms. The Hall–Kier alpha value is -1.10. The first kappa shape index (κ1) is 9.15. The molecule has 3 heterocycles. The molecular weight excluding hydrogens is 192 g/mol. The molecule has 5 nitrogen and oxygen atoms in total. The van der Waals surface area contributed by atoms with Crippen molar-refractivity contribution in [1.29, 1.82) is 0 Å². The van der Waals surface area contributed by atoms with Crippen LogP contribution in [0, 0.1) is 0 Å². The topological polar surface area (TPSA) is 70.7 Å². The smallest absolute Gasteiger partial charge is 0.343 e. The van der Waals surface area contributed by atoms with Crippen LogP contribution < -0.4 is 11.1 Å². The first-order chi connectivity index (χ1) is 7.11. The number of piperidine rings is 1. The molecule has 2 atom stereocenters. The van der Waals surface area contributed by atoms with Crippen LogP contribution in [0.15, 0.2) is 4.99 Å². The zero-order chi connectivity index (χ0) is 10.6. The van der Waals surface area contributed by atoms with Gasteiger partial charge in [-0.1, -0.05) is 0 Å². The lowest BCUT2D eigenvalue weighted by atomic mass is 9.82. The second-order valence-electron chi connectivity index (χ2n) is 4.97. The highest BCUT2D eigenvalue weighted by Crippen LogP contribution is 2.40. The molecule has 3 aliphatic heterocycles. The third-order valence-electron chi connectivity index (χ3n) is 4.21. The summed E-state index contributed by atoms with van der Waals surface area (Å²) >= 11 is 0. The van der Waals surface area contributed by atoms with Crippen molar-refractivity contribution in [2.45, 2.75) is 43.3 Å². The quantitative estimate of drug-likeness (QED) is 0.591. The number of amidine groups is 1. The van der Waals surface area contributed by atoms with Crippen LogP contribution in [0.4, 0.5) is 4.79 Å². The zero-order valence-electron chi connectivity index (χ0n) is 8.86. The van der Waals surface area contributed by atoms with E-state index in [0.717, 1.165) is 12.8 Å². The SMILES string of the molecule is CN1C2CCC1CC1(C2)NC(=O)N=C1N. The van der Waals surface area contributed by atoms with Crippen molar-refractivity contribution in [3.8, 4) is 0 Å². The highest BCUT2D eigenvalue weighted by atomic mass is 16.2. The second-order valence-corrected chi connectivity index (χ2v) is 4.97. The number of nitrogens with zero attached hydrogens (tertiary/aromatic N) is 2. The molecule has 2 unspecified atom stereocenters. The number of hydrogen-bond acceptors (Lipinski definition) is 3. The predicted molar refractivity (Wildman–Crippen MR) is 56.7 cm³/mol. The van der Waals surface area contributed by atoms with Gasteiger partial charge in [-0.3, -0.25) is 0 Å². The summed E-state index contributed by atoms with van der Waals surface area (Å²) in [7, 11) is 2.17. The van der Waals surface area contributed by atoms with E-state index in [4.69, 9.17) is 5.73 Å². The van der Waals surface area contributed by atoms with Crippen LogP contribution in [0.5, 0.6) is 0 Å². The fraction of sp³-hybridized carbons (Fsp3) is 0.800. The molecule has 0 saturated carbocycles. The molecule has 2 amide bonds. The van der Waals surface area contributed by atoms with Crippen molar-refractivity contribution in [3.05, 3.63) is 0 Å². The molecule has 2 bridgehead atoms. The summed E-state index contributed by atoms with van der Waals surface area (Å²) < 4.78 is 0. The van der Waals surface area contributed by atoms with Crippen LogP contribution >= 0.6 is 0 Å². The molecule has 0 radical (unpaired) electrons. The van der Waals surface area contributed by atoms with Crippen molar-refractivity contribution < 1.29 is 4.79 Å². The Morgan fingerprint density at radius 1 is 1.47 bits per heavy atom. The average Bonchev–Trinajstić information content (AvgIpc) is 2.56. The summed E-state index contributed by atoms with van der Waals surface area (Å²) in [6.07, 6.45) is 4.26. The standard InChI is InChI=1S/C10H16N4O/c1-14-6-2-3-7(14)5-10(4-6)8(11)12-9(15)13-10/h6-7H,2-5H2,1H3,(H3,11,12,13,15). The number of nitrogens with one attached hydrogen (secondary N) is 1. The Labute approximate surface area is 88.7 Å². The highest BCUT2D eigenvalue weighted by Gasteiger charge is 2.52. The minimum atomic E-state index is -0.324. The van der Waals surface area contributed by atoms with Gasteiger partial charge in [-0.15, -0.1) is 0 Å². The van der Waals surface area contributed by atoms with Gasteiger partial charge in [0, 0.05) is 12.1 Å². The first-order valence-electron chi connectivity index (χ1n) is 5.49. The number of nitrogens with two attached hydrogens (primary N) is 1. The van der Waals surface area contributed by atoms with E-state index in [1.165, 1.54) is 12.8 Å². The Morgan fingerprint density at radius 2 is 2.07 bits per heavy atom. The second kappa shape index (κ2) is 2.72. The normalized spacial score (nSPS) is 44.6. The summed E-state index contributed by atoms with van der Waals surface area (Å²) in [5.74, 6) is 0.498. The number of aliphatic imine (C=N–C) groups is 1. The summed E-state index contributed by atoms with van der Waals surface area (Å²) in [5.41, 5.74) is 5.56. The largest absolute Gasteiger partial charge is 0.385 e. The number of carbonyl (C=O) groups excluding carboxylic acids is 1. The van der Waals surface area contributed by atoms with Crippen molar-refractivity contribution in [3.63, 3.8) is 0 Å². The molecule has 3 N–H and O–H groups in total. The van der Waals surface area contributed by atoms with Gasteiger partial charge in [0.15, 0.2) is 0 Å². The van der Waals surface area contributed by atoms with Crippen LogP contribution in [-0.4, -0.2) is 41.4 Å². The van der Waals surface area contributed by atoms with E-state index in [0.29, 0.717) is 17.9 Å². The fourth-order valence-corrected chi connectivity index (χ4v) is 3.29. The van der Waals surface area contributed by atoms with Gasteiger partial charge in [0.2, 0.25) is 0 Å². The number of amides is 2. The van der Waals surface area contributed by atoms with Gasteiger partial charge >= 0.3 is 6.03 Å². The van der Waals surface area contributed by atoms with Crippen LogP contribution in [0.2, 0.25) is 0 Å². The molecule has 3 rings (SSSR count). The van der Waals surface area contributed by atoms with E-state index in [9.17, 15) is 4.79 Å².